The second-order valence-electron chi connectivity index (χ2n) is 4.36. The standard InChI is InChI=1S/C15H14N2O3/c1-10(11-5-7-16-8-6-11)17-14(18)12-3-2-4-13(9-12)15(19)20/h2-10H,1H3,(H,17,18)(H,19,20). The maximum absolute atomic E-state index is 12.1. The number of benzene rings is 1. The van der Waals surface area contributed by atoms with E-state index in [9.17, 15) is 9.59 Å². The fraction of sp³-hybridized carbons (Fsp3) is 0.133. The van der Waals surface area contributed by atoms with Crippen molar-refractivity contribution in [3.63, 3.8) is 0 Å². The molecule has 0 aliphatic heterocycles. The van der Waals surface area contributed by atoms with Gasteiger partial charge in [-0.3, -0.25) is 9.78 Å². The van der Waals surface area contributed by atoms with E-state index in [4.69, 9.17) is 5.11 Å². The first kappa shape index (κ1) is 13.7. The number of rotatable bonds is 4. The average Bonchev–Trinajstić information content (AvgIpc) is 2.48. The van der Waals surface area contributed by atoms with Crippen LogP contribution < -0.4 is 5.32 Å². The van der Waals surface area contributed by atoms with Gasteiger partial charge in [0.1, 0.15) is 0 Å². The average molecular weight is 270 g/mol. The van der Waals surface area contributed by atoms with Crippen LogP contribution in [0.4, 0.5) is 0 Å². The van der Waals surface area contributed by atoms with E-state index in [0.717, 1.165) is 5.56 Å². The number of nitrogens with zero attached hydrogens (tertiary/aromatic N) is 1. The summed E-state index contributed by atoms with van der Waals surface area (Å²) in [5.74, 6) is -1.36. The number of carboxylic acid groups (broad SMARTS) is 1. The molecule has 0 saturated carbocycles. The monoisotopic (exact) mass is 270 g/mol. The number of carbonyl (C=O) groups excluding carboxylic acids is 1. The molecule has 0 aliphatic carbocycles. The van der Waals surface area contributed by atoms with Crippen LogP contribution >= 0.6 is 0 Å². The highest BCUT2D eigenvalue weighted by Gasteiger charge is 2.13. The van der Waals surface area contributed by atoms with E-state index >= 15 is 0 Å². The second-order valence-corrected chi connectivity index (χ2v) is 4.36. The Balaban J connectivity index is 2.12. The number of hydrogen-bond acceptors (Lipinski definition) is 3. The van der Waals surface area contributed by atoms with Crippen LogP contribution in [0.1, 0.15) is 39.2 Å². The molecule has 2 N–H and O–H groups in total. The largest absolute Gasteiger partial charge is 0.478 e. The fourth-order valence-corrected chi connectivity index (χ4v) is 1.81. The van der Waals surface area contributed by atoms with Gasteiger partial charge in [-0.25, -0.2) is 4.79 Å². The van der Waals surface area contributed by atoms with Crippen molar-refractivity contribution >= 4 is 11.9 Å². The molecule has 0 saturated heterocycles. The third kappa shape index (κ3) is 3.20. The van der Waals surface area contributed by atoms with E-state index in [-0.39, 0.29) is 17.5 Å². The van der Waals surface area contributed by atoms with Gasteiger partial charge >= 0.3 is 5.97 Å². The molecule has 0 fully saturated rings. The first-order chi connectivity index (χ1) is 9.58. The summed E-state index contributed by atoms with van der Waals surface area (Å²) in [5, 5.41) is 11.7. The Morgan fingerprint density at radius 1 is 1.15 bits per heavy atom. The van der Waals surface area contributed by atoms with Crippen LogP contribution in [-0.4, -0.2) is 22.0 Å². The van der Waals surface area contributed by atoms with Crippen molar-refractivity contribution in [3.8, 4) is 0 Å². The summed E-state index contributed by atoms with van der Waals surface area (Å²) < 4.78 is 0. The zero-order valence-corrected chi connectivity index (χ0v) is 10.9. The van der Waals surface area contributed by atoms with Gasteiger partial charge in [-0.15, -0.1) is 0 Å². The van der Waals surface area contributed by atoms with Crippen LogP contribution in [-0.2, 0) is 0 Å². The van der Waals surface area contributed by atoms with Crippen molar-refractivity contribution in [3.05, 3.63) is 65.5 Å². The summed E-state index contributed by atoms with van der Waals surface area (Å²) in [4.78, 5) is 26.9. The van der Waals surface area contributed by atoms with Gasteiger partial charge in [0.05, 0.1) is 11.6 Å². The first-order valence-corrected chi connectivity index (χ1v) is 6.12. The molecule has 1 aromatic heterocycles. The molecule has 5 nitrogen and oxygen atoms in total. The van der Waals surface area contributed by atoms with Gasteiger partial charge in [0.25, 0.3) is 5.91 Å². The quantitative estimate of drug-likeness (QED) is 0.893. The Morgan fingerprint density at radius 2 is 1.80 bits per heavy atom. The lowest BCUT2D eigenvalue weighted by Gasteiger charge is -2.14. The highest BCUT2D eigenvalue weighted by molar-refractivity contribution is 5.97. The molecule has 1 atom stereocenters. The van der Waals surface area contributed by atoms with Gasteiger partial charge in [0.15, 0.2) is 0 Å². The summed E-state index contributed by atoms with van der Waals surface area (Å²) >= 11 is 0. The van der Waals surface area contributed by atoms with Gasteiger partial charge in [-0.05, 0) is 42.8 Å². The molecular weight excluding hydrogens is 256 g/mol. The van der Waals surface area contributed by atoms with Crippen molar-refractivity contribution in [2.24, 2.45) is 0 Å². The molecule has 0 radical (unpaired) electrons. The third-order valence-corrected chi connectivity index (χ3v) is 2.93. The maximum atomic E-state index is 12.1. The van der Waals surface area contributed by atoms with E-state index in [1.165, 1.54) is 12.1 Å². The van der Waals surface area contributed by atoms with Crippen molar-refractivity contribution in [2.45, 2.75) is 13.0 Å². The van der Waals surface area contributed by atoms with Gasteiger partial charge < -0.3 is 10.4 Å². The number of carbonyl (C=O) groups is 2. The smallest absolute Gasteiger partial charge is 0.335 e. The predicted octanol–water partition coefficient (Wildman–Crippen LogP) is 2.27. The number of amides is 1. The SMILES string of the molecule is CC(NC(=O)c1cccc(C(=O)O)c1)c1ccncc1. The van der Waals surface area contributed by atoms with Crippen LogP contribution in [0.2, 0.25) is 0 Å². The Labute approximate surface area is 116 Å². The van der Waals surface area contributed by atoms with E-state index in [1.807, 2.05) is 19.1 Å². The number of aromatic nitrogens is 1. The van der Waals surface area contributed by atoms with Crippen molar-refractivity contribution in [1.29, 1.82) is 0 Å². The van der Waals surface area contributed by atoms with E-state index in [0.29, 0.717) is 5.56 Å². The lowest BCUT2D eigenvalue weighted by atomic mass is 10.1. The van der Waals surface area contributed by atoms with Crippen LogP contribution in [0.25, 0.3) is 0 Å². The predicted molar refractivity (Wildman–Crippen MR) is 73.5 cm³/mol. The first-order valence-electron chi connectivity index (χ1n) is 6.12. The normalized spacial score (nSPS) is 11.7. The van der Waals surface area contributed by atoms with Crippen molar-refractivity contribution < 1.29 is 14.7 Å². The van der Waals surface area contributed by atoms with Crippen LogP contribution in [0.5, 0.6) is 0 Å². The van der Waals surface area contributed by atoms with Gasteiger partial charge in [-0.2, -0.15) is 0 Å². The molecular formula is C15H14N2O3. The summed E-state index contributed by atoms with van der Waals surface area (Å²) in [5.41, 5.74) is 1.35. The minimum atomic E-state index is -1.05. The fourth-order valence-electron chi connectivity index (χ4n) is 1.81. The molecule has 1 amide bonds. The second kappa shape index (κ2) is 5.97. The van der Waals surface area contributed by atoms with Crippen LogP contribution in [0, 0.1) is 0 Å². The number of carboxylic acids is 1. The summed E-state index contributed by atoms with van der Waals surface area (Å²) in [6, 6.07) is 9.40. The molecule has 1 aromatic carbocycles. The van der Waals surface area contributed by atoms with Crippen LogP contribution in [0.15, 0.2) is 48.8 Å². The van der Waals surface area contributed by atoms with E-state index < -0.39 is 5.97 Å². The molecule has 1 heterocycles. The number of hydrogen-bond donors (Lipinski definition) is 2. The van der Waals surface area contributed by atoms with Crippen molar-refractivity contribution in [2.75, 3.05) is 0 Å². The minimum absolute atomic E-state index is 0.0919. The third-order valence-electron chi connectivity index (χ3n) is 2.93. The Hall–Kier alpha value is -2.69. The zero-order chi connectivity index (χ0) is 14.5. The van der Waals surface area contributed by atoms with Gasteiger partial charge in [0.2, 0.25) is 0 Å². The molecule has 0 aliphatic rings. The topological polar surface area (TPSA) is 79.3 Å². The molecule has 102 valence electrons. The van der Waals surface area contributed by atoms with Crippen molar-refractivity contribution in [1.82, 2.24) is 10.3 Å². The minimum Gasteiger partial charge on any atom is -0.478 e. The molecule has 5 heteroatoms. The highest BCUT2D eigenvalue weighted by atomic mass is 16.4. The Kier molecular flexibility index (Phi) is 4.10. The lowest BCUT2D eigenvalue weighted by Crippen LogP contribution is -2.26. The highest BCUT2D eigenvalue weighted by Crippen LogP contribution is 2.12. The summed E-state index contributed by atoms with van der Waals surface area (Å²) in [6.07, 6.45) is 3.31. The Morgan fingerprint density at radius 3 is 2.45 bits per heavy atom. The zero-order valence-electron chi connectivity index (χ0n) is 10.9. The molecule has 20 heavy (non-hydrogen) atoms. The number of nitrogens with one attached hydrogen (secondary N) is 1. The molecule has 0 spiro atoms. The van der Waals surface area contributed by atoms with Crippen LogP contribution in [0.3, 0.4) is 0 Å². The molecule has 2 rings (SSSR count). The van der Waals surface area contributed by atoms with E-state index in [1.54, 1.807) is 24.5 Å². The number of aromatic carboxylic acids is 1. The summed E-state index contributed by atoms with van der Waals surface area (Å²) in [6.45, 7) is 1.86. The Bertz CT molecular complexity index is 626. The molecule has 1 unspecified atom stereocenters. The number of pyridine rings is 1. The lowest BCUT2D eigenvalue weighted by molar-refractivity contribution is 0.0697. The maximum Gasteiger partial charge on any atom is 0.335 e. The van der Waals surface area contributed by atoms with E-state index in [2.05, 4.69) is 10.3 Å². The van der Waals surface area contributed by atoms with Gasteiger partial charge in [0, 0.05) is 18.0 Å². The van der Waals surface area contributed by atoms with Gasteiger partial charge in [-0.1, -0.05) is 6.07 Å². The summed E-state index contributed by atoms with van der Waals surface area (Å²) in [7, 11) is 0. The molecule has 0 bridgehead atoms. The molecule has 2 aromatic rings.